The second-order valence-corrected chi connectivity index (χ2v) is 7.58. The lowest BCUT2D eigenvalue weighted by molar-refractivity contribution is -0.119. The Kier molecular flexibility index (Phi) is 6.50. The van der Waals surface area contributed by atoms with Gasteiger partial charge in [0, 0.05) is 11.3 Å². The number of hydrogen-bond acceptors (Lipinski definition) is 5. The van der Waals surface area contributed by atoms with Crippen molar-refractivity contribution in [3.8, 4) is 5.75 Å². The van der Waals surface area contributed by atoms with E-state index in [1.807, 2.05) is 19.1 Å². The minimum Gasteiger partial charge on any atom is -0.508 e. The summed E-state index contributed by atoms with van der Waals surface area (Å²) in [5, 5.41) is 13.9. The fraction of sp³-hybridized carbons (Fsp3) is 0.250. The molecule has 1 atom stereocenters. The van der Waals surface area contributed by atoms with E-state index in [0.717, 1.165) is 5.56 Å². The molecule has 0 spiro atoms. The minimum atomic E-state index is -1.74. The molecule has 0 unspecified atom stereocenters. The van der Waals surface area contributed by atoms with E-state index in [9.17, 15) is 14.7 Å². The highest BCUT2D eigenvalue weighted by atomic mass is 16.3. The third-order valence-corrected chi connectivity index (χ3v) is 5.25. The summed E-state index contributed by atoms with van der Waals surface area (Å²) in [6, 6.07) is 17.2. The zero-order chi connectivity index (χ0) is 21.7. The van der Waals surface area contributed by atoms with Crippen molar-refractivity contribution in [2.75, 3.05) is 11.9 Å². The molecule has 3 aromatic rings. The molecule has 0 saturated carbocycles. The van der Waals surface area contributed by atoms with Crippen LogP contribution in [0.15, 0.2) is 60.7 Å². The average Bonchev–Trinajstić information content (AvgIpc) is 2.74. The Morgan fingerprint density at radius 3 is 2.47 bits per heavy atom. The molecule has 3 rings (SSSR count). The lowest BCUT2D eigenvalue weighted by Crippen LogP contribution is -2.57. The molecule has 0 aliphatic carbocycles. The molecule has 3 aromatic carbocycles. The number of anilines is 1. The van der Waals surface area contributed by atoms with Crippen LogP contribution < -0.4 is 16.8 Å². The number of fused-ring (bicyclic) bond motifs is 1. The summed E-state index contributed by atoms with van der Waals surface area (Å²) in [6.07, 6.45) is 1.38. The molecule has 6 nitrogen and oxygen atoms in total. The van der Waals surface area contributed by atoms with Crippen LogP contribution in [0.2, 0.25) is 0 Å². The lowest BCUT2D eigenvalue weighted by Gasteiger charge is -2.27. The maximum Gasteiger partial charge on any atom is 0.252 e. The van der Waals surface area contributed by atoms with Crippen molar-refractivity contribution >= 4 is 28.2 Å². The molecule has 0 aliphatic heterocycles. The van der Waals surface area contributed by atoms with E-state index < -0.39 is 17.2 Å². The number of unbranched alkanes of at least 4 members (excludes halogenated alkanes) is 1. The largest absolute Gasteiger partial charge is 0.508 e. The number of Topliss-reactive ketones (excluding diaryl/α,β-unsaturated/α-hetero) is 1. The number of hydrogen-bond donors (Lipinski definition) is 4. The molecule has 0 aliphatic rings. The van der Waals surface area contributed by atoms with Gasteiger partial charge in [0.2, 0.25) is 0 Å². The van der Waals surface area contributed by atoms with Crippen LogP contribution in [0.3, 0.4) is 0 Å². The first kappa shape index (κ1) is 21.5. The van der Waals surface area contributed by atoms with Crippen LogP contribution >= 0.6 is 0 Å². The molecule has 0 aromatic heterocycles. The Morgan fingerprint density at radius 1 is 1.03 bits per heavy atom. The van der Waals surface area contributed by atoms with Crippen molar-refractivity contribution in [3.63, 3.8) is 0 Å². The third kappa shape index (κ3) is 4.50. The van der Waals surface area contributed by atoms with E-state index in [4.69, 9.17) is 11.5 Å². The van der Waals surface area contributed by atoms with Crippen LogP contribution in [0.25, 0.3) is 10.8 Å². The molecule has 0 heterocycles. The van der Waals surface area contributed by atoms with Crippen LogP contribution in [0.1, 0.15) is 35.2 Å². The SMILES string of the molecule is Cc1ccc(NC(=O)[C@](N)(CCCCN)C(=O)c2cccc3cc(O)ccc23)cc1. The fourth-order valence-corrected chi connectivity index (χ4v) is 3.47. The molecule has 0 saturated heterocycles. The summed E-state index contributed by atoms with van der Waals surface area (Å²) in [7, 11) is 0. The summed E-state index contributed by atoms with van der Waals surface area (Å²) in [4.78, 5) is 26.8. The van der Waals surface area contributed by atoms with Gasteiger partial charge < -0.3 is 21.9 Å². The van der Waals surface area contributed by atoms with E-state index in [2.05, 4.69) is 5.32 Å². The monoisotopic (exact) mass is 405 g/mol. The second kappa shape index (κ2) is 9.07. The number of phenols is 1. The average molecular weight is 405 g/mol. The quantitative estimate of drug-likeness (QED) is 0.260. The van der Waals surface area contributed by atoms with Crippen LogP contribution in [0, 0.1) is 6.92 Å². The van der Waals surface area contributed by atoms with Crippen LogP contribution in [0.5, 0.6) is 5.75 Å². The van der Waals surface area contributed by atoms with Crippen molar-refractivity contribution in [1.29, 1.82) is 0 Å². The zero-order valence-corrected chi connectivity index (χ0v) is 17.0. The number of ketones is 1. The molecule has 30 heavy (non-hydrogen) atoms. The predicted octanol–water partition coefficient (Wildman–Crippen LogP) is 3.50. The lowest BCUT2D eigenvalue weighted by atomic mass is 9.83. The van der Waals surface area contributed by atoms with Gasteiger partial charge in [-0.1, -0.05) is 35.9 Å². The topological polar surface area (TPSA) is 118 Å². The van der Waals surface area contributed by atoms with Crippen LogP contribution in [-0.4, -0.2) is 28.9 Å². The Labute approximate surface area is 175 Å². The van der Waals surface area contributed by atoms with E-state index in [0.29, 0.717) is 41.4 Å². The van der Waals surface area contributed by atoms with Crippen molar-refractivity contribution in [2.45, 2.75) is 31.7 Å². The summed E-state index contributed by atoms with van der Waals surface area (Å²) in [5.74, 6) is -0.907. The summed E-state index contributed by atoms with van der Waals surface area (Å²) < 4.78 is 0. The van der Waals surface area contributed by atoms with Gasteiger partial charge in [-0.3, -0.25) is 9.59 Å². The van der Waals surface area contributed by atoms with Gasteiger partial charge in [-0.05, 0) is 73.8 Å². The standard InChI is InChI=1S/C24H27N3O3/c1-16-7-9-18(10-8-16)27-23(30)24(26,13-2-3-14-25)22(29)21-6-4-5-17-15-19(28)11-12-20(17)21/h4-12,15,28H,2-3,13-14,25-26H2,1H3,(H,27,30)/t24-/m0/s1. The Bertz CT molecular complexity index is 1060. The molecule has 0 fully saturated rings. The number of aromatic hydroxyl groups is 1. The first-order chi connectivity index (χ1) is 14.3. The highest BCUT2D eigenvalue weighted by molar-refractivity contribution is 6.24. The number of nitrogens with two attached hydrogens (primary N) is 2. The molecule has 1 amide bonds. The number of aryl methyl sites for hydroxylation is 1. The number of carbonyl (C=O) groups is 2. The van der Waals surface area contributed by atoms with Gasteiger partial charge in [-0.2, -0.15) is 0 Å². The summed E-state index contributed by atoms with van der Waals surface area (Å²) >= 11 is 0. The highest BCUT2D eigenvalue weighted by Gasteiger charge is 2.42. The number of phenolic OH excluding ortho intramolecular Hbond substituents is 1. The van der Waals surface area contributed by atoms with Gasteiger partial charge in [-0.25, -0.2) is 0 Å². The zero-order valence-electron chi connectivity index (χ0n) is 17.0. The summed E-state index contributed by atoms with van der Waals surface area (Å²) in [6.45, 7) is 2.41. The first-order valence-electron chi connectivity index (χ1n) is 9.99. The van der Waals surface area contributed by atoms with Gasteiger partial charge in [0.1, 0.15) is 5.75 Å². The fourth-order valence-electron chi connectivity index (χ4n) is 3.47. The predicted molar refractivity (Wildman–Crippen MR) is 120 cm³/mol. The molecule has 0 bridgehead atoms. The summed E-state index contributed by atoms with van der Waals surface area (Å²) in [5.41, 5.74) is 12.3. The van der Waals surface area contributed by atoms with E-state index >= 15 is 0 Å². The van der Waals surface area contributed by atoms with Crippen LogP contribution in [0.4, 0.5) is 5.69 Å². The molecule has 6 heteroatoms. The molecule has 6 N–H and O–H groups in total. The van der Waals surface area contributed by atoms with E-state index in [1.165, 1.54) is 6.07 Å². The Hall–Kier alpha value is -3.22. The number of benzene rings is 3. The first-order valence-corrected chi connectivity index (χ1v) is 9.99. The van der Waals surface area contributed by atoms with Crippen molar-refractivity contribution in [1.82, 2.24) is 0 Å². The number of nitrogens with one attached hydrogen (secondary N) is 1. The molecular formula is C24H27N3O3. The second-order valence-electron chi connectivity index (χ2n) is 7.58. The highest BCUT2D eigenvalue weighted by Crippen LogP contribution is 2.28. The molecule has 0 radical (unpaired) electrons. The van der Waals surface area contributed by atoms with Crippen molar-refractivity contribution in [2.24, 2.45) is 11.5 Å². The number of amides is 1. The van der Waals surface area contributed by atoms with Crippen LogP contribution in [-0.2, 0) is 4.79 Å². The molecular weight excluding hydrogens is 378 g/mol. The number of rotatable bonds is 8. The maximum absolute atomic E-state index is 13.6. The Morgan fingerprint density at radius 2 is 1.77 bits per heavy atom. The maximum atomic E-state index is 13.6. The van der Waals surface area contributed by atoms with Crippen molar-refractivity contribution < 1.29 is 14.7 Å². The normalized spacial score (nSPS) is 13.0. The minimum absolute atomic E-state index is 0.103. The molecule has 156 valence electrons. The number of carbonyl (C=O) groups excluding carboxylic acids is 2. The van der Waals surface area contributed by atoms with Gasteiger partial charge in [0.05, 0.1) is 0 Å². The Balaban J connectivity index is 1.98. The van der Waals surface area contributed by atoms with E-state index in [1.54, 1.807) is 42.5 Å². The van der Waals surface area contributed by atoms with E-state index in [-0.39, 0.29) is 12.2 Å². The van der Waals surface area contributed by atoms with Gasteiger partial charge in [-0.15, -0.1) is 0 Å². The van der Waals surface area contributed by atoms with Gasteiger partial charge >= 0.3 is 0 Å². The smallest absolute Gasteiger partial charge is 0.252 e. The van der Waals surface area contributed by atoms with Crippen molar-refractivity contribution in [3.05, 3.63) is 71.8 Å². The van der Waals surface area contributed by atoms with Gasteiger partial charge in [0.15, 0.2) is 11.3 Å². The third-order valence-electron chi connectivity index (χ3n) is 5.25. The van der Waals surface area contributed by atoms with Gasteiger partial charge in [0.25, 0.3) is 5.91 Å².